The smallest absolute Gasteiger partial charge is 0.411 e. The SMILES string of the molecule is CO[N+](=O)c1ccc(NC(=O)OCC2=CCCC=C2)cc1. The maximum Gasteiger partial charge on any atom is 0.411 e. The van der Waals surface area contributed by atoms with Crippen LogP contribution < -0.4 is 5.32 Å². The molecule has 0 atom stereocenters. The number of nitrogens with one attached hydrogen (secondary N) is 1. The third-order valence-electron chi connectivity index (χ3n) is 2.93. The molecule has 0 fully saturated rings. The molecule has 0 bridgehead atoms. The molecule has 1 amide bonds. The second-order valence-electron chi connectivity index (χ2n) is 4.45. The summed E-state index contributed by atoms with van der Waals surface area (Å²) in [5.41, 5.74) is 1.88. The predicted molar refractivity (Wildman–Crippen MR) is 78.2 cm³/mol. The lowest BCUT2D eigenvalue weighted by Gasteiger charge is -2.09. The Balaban J connectivity index is 1.83. The summed E-state index contributed by atoms with van der Waals surface area (Å²) in [6.45, 7) is 0.248. The van der Waals surface area contributed by atoms with Crippen molar-refractivity contribution in [2.75, 3.05) is 19.0 Å². The Morgan fingerprint density at radius 1 is 1.29 bits per heavy atom. The molecule has 110 valence electrons. The molecule has 1 N–H and O–H groups in total. The quantitative estimate of drug-likeness (QED) is 0.843. The first-order chi connectivity index (χ1) is 10.2. The summed E-state index contributed by atoms with van der Waals surface area (Å²) >= 11 is 0. The van der Waals surface area contributed by atoms with Crippen LogP contribution in [0.4, 0.5) is 16.2 Å². The monoisotopic (exact) mass is 289 g/mol. The summed E-state index contributed by atoms with van der Waals surface area (Å²) in [5.74, 6) is 0. The average Bonchev–Trinajstić information content (AvgIpc) is 2.54. The number of carbonyl (C=O) groups is 1. The minimum Gasteiger partial charge on any atom is -0.444 e. The lowest BCUT2D eigenvalue weighted by Crippen LogP contribution is -2.15. The molecule has 6 nitrogen and oxygen atoms in total. The molecular weight excluding hydrogens is 272 g/mol. The third kappa shape index (κ3) is 4.45. The fourth-order valence-corrected chi connectivity index (χ4v) is 1.85. The van der Waals surface area contributed by atoms with Gasteiger partial charge in [-0.3, -0.25) is 5.32 Å². The summed E-state index contributed by atoms with van der Waals surface area (Å²) in [6, 6.07) is 6.28. The number of ether oxygens (including phenoxy) is 1. The van der Waals surface area contributed by atoms with Gasteiger partial charge in [-0.2, -0.15) is 0 Å². The fourth-order valence-electron chi connectivity index (χ4n) is 1.85. The molecule has 21 heavy (non-hydrogen) atoms. The van der Waals surface area contributed by atoms with E-state index >= 15 is 0 Å². The van der Waals surface area contributed by atoms with Gasteiger partial charge in [-0.05, 0) is 30.5 Å². The number of nitrogens with zero attached hydrogens (tertiary/aromatic N) is 1. The second kappa shape index (κ2) is 7.23. The number of benzene rings is 1. The first kappa shape index (κ1) is 14.8. The zero-order chi connectivity index (χ0) is 15.1. The van der Waals surface area contributed by atoms with Crippen molar-refractivity contribution in [3.05, 3.63) is 53.0 Å². The van der Waals surface area contributed by atoms with E-state index in [-0.39, 0.29) is 6.61 Å². The standard InChI is InChI=1S/C15H16N2O4/c1-20-17(19)14-9-7-13(8-10-14)16-15(18)21-11-12-5-3-2-4-6-12/h3,5-10H,2,4,11H2,1H3/p+1. The minimum absolute atomic E-state index is 0.248. The van der Waals surface area contributed by atoms with E-state index in [2.05, 4.69) is 22.3 Å². The van der Waals surface area contributed by atoms with E-state index in [1.165, 1.54) is 7.11 Å². The van der Waals surface area contributed by atoms with Crippen molar-refractivity contribution in [2.24, 2.45) is 0 Å². The van der Waals surface area contributed by atoms with Crippen LogP contribution in [0.2, 0.25) is 0 Å². The highest BCUT2D eigenvalue weighted by Crippen LogP contribution is 2.16. The number of carbonyl (C=O) groups excluding carboxylic acids is 1. The van der Waals surface area contributed by atoms with Crippen molar-refractivity contribution >= 4 is 17.5 Å². The van der Waals surface area contributed by atoms with Crippen molar-refractivity contribution in [3.8, 4) is 0 Å². The van der Waals surface area contributed by atoms with Gasteiger partial charge in [0.2, 0.25) is 0 Å². The summed E-state index contributed by atoms with van der Waals surface area (Å²) < 4.78 is 5.12. The summed E-state index contributed by atoms with van der Waals surface area (Å²) in [7, 11) is 1.28. The van der Waals surface area contributed by atoms with Crippen molar-refractivity contribution in [1.82, 2.24) is 0 Å². The van der Waals surface area contributed by atoms with E-state index in [1.807, 2.05) is 6.08 Å². The van der Waals surface area contributed by atoms with E-state index in [0.717, 1.165) is 18.4 Å². The highest BCUT2D eigenvalue weighted by atomic mass is 16.8. The van der Waals surface area contributed by atoms with Crippen molar-refractivity contribution in [1.29, 1.82) is 0 Å². The van der Waals surface area contributed by atoms with Crippen molar-refractivity contribution in [3.63, 3.8) is 0 Å². The number of amides is 1. The lowest BCUT2D eigenvalue weighted by molar-refractivity contribution is -0.736. The van der Waals surface area contributed by atoms with Gasteiger partial charge in [0.25, 0.3) is 4.92 Å². The van der Waals surface area contributed by atoms with Crippen LogP contribution in [0.25, 0.3) is 0 Å². The van der Waals surface area contributed by atoms with Crippen LogP contribution >= 0.6 is 0 Å². The largest absolute Gasteiger partial charge is 0.444 e. The summed E-state index contributed by atoms with van der Waals surface area (Å²) in [4.78, 5) is 27.7. The molecule has 2 rings (SSSR count). The van der Waals surface area contributed by atoms with Gasteiger partial charge in [0.1, 0.15) is 6.61 Å². The van der Waals surface area contributed by atoms with E-state index < -0.39 is 6.09 Å². The van der Waals surface area contributed by atoms with Crippen LogP contribution in [-0.2, 0) is 9.57 Å². The van der Waals surface area contributed by atoms with E-state index in [1.54, 1.807) is 24.3 Å². The molecule has 0 heterocycles. The average molecular weight is 289 g/mol. The molecule has 0 saturated carbocycles. The van der Waals surface area contributed by atoms with E-state index in [0.29, 0.717) is 16.3 Å². The Bertz CT molecular complexity index is 576. The number of anilines is 1. The third-order valence-corrected chi connectivity index (χ3v) is 2.93. The van der Waals surface area contributed by atoms with Gasteiger partial charge >= 0.3 is 11.8 Å². The van der Waals surface area contributed by atoms with Crippen LogP contribution in [0.15, 0.2) is 48.1 Å². The van der Waals surface area contributed by atoms with Gasteiger partial charge in [0.05, 0.1) is 4.91 Å². The summed E-state index contributed by atoms with van der Waals surface area (Å²) in [5, 5.41) is 2.59. The lowest BCUT2D eigenvalue weighted by atomic mass is 10.1. The maximum atomic E-state index is 11.6. The Kier molecular flexibility index (Phi) is 5.09. The van der Waals surface area contributed by atoms with Crippen molar-refractivity contribution < 1.29 is 19.3 Å². The van der Waals surface area contributed by atoms with Gasteiger partial charge in [0.15, 0.2) is 7.11 Å². The Morgan fingerprint density at radius 3 is 2.67 bits per heavy atom. The normalized spacial score (nSPS) is 13.3. The fraction of sp³-hybridized carbons (Fsp3) is 0.267. The number of rotatable bonds is 5. The van der Waals surface area contributed by atoms with Gasteiger partial charge in [0, 0.05) is 17.8 Å². The molecule has 0 radical (unpaired) electrons. The van der Waals surface area contributed by atoms with Crippen LogP contribution in [-0.4, -0.2) is 24.7 Å². The molecule has 1 aliphatic carbocycles. The van der Waals surface area contributed by atoms with E-state index in [9.17, 15) is 9.70 Å². The Hall–Kier alpha value is -2.63. The maximum absolute atomic E-state index is 11.6. The molecule has 1 aromatic rings. The molecular formula is C15H17N2O4+. The Labute approximate surface area is 122 Å². The number of hydrogen-bond donors (Lipinski definition) is 1. The molecule has 1 aliphatic rings. The highest BCUT2D eigenvalue weighted by molar-refractivity contribution is 5.84. The Morgan fingerprint density at radius 2 is 2.05 bits per heavy atom. The minimum atomic E-state index is -0.534. The van der Waals surface area contributed by atoms with Crippen molar-refractivity contribution in [2.45, 2.75) is 12.8 Å². The zero-order valence-corrected chi connectivity index (χ0v) is 11.7. The molecule has 6 heteroatoms. The highest BCUT2D eigenvalue weighted by Gasteiger charge is 2.13. The first-order valence-electron chi connectivity index (χ1n) is 6.60. The molecule has 0 saturated heterocycles. The molecule has 0 spiro atoms. The van der Waals surface area contributed by atoms with Gasteiger partial charge < -0.3 is 4.74 Å². The van der Waals surface area contributed by atoms with Gasteiger partial charge in [-0.1, -0.05) is 18.2 Å². The van der Waals surface area contributed by atoms with Crippen LogP contribution in [0.3, 0.4) is 0 Å². The first-order valence-corrected chi connectivity index (χ1v) is 6.60. The van der Waals surface area contributed by atoms with E-state index in [4.69, 9.17) is 4.74 Å². The van der Waals surface area contributed by atoms with Crippen LogP contribution in [0.5, 0.6) is 0 Å². The summed E-state index contributed by atoms with van der Waals surface area (Å²) in [6.07, 6.45) is 7.53. The van der Waals surface area contributed by atoms with Gasteiger partial charge in [-0.25, -0.2) is 9.63 Å². The zero-order valence-electron chi connectivity index (χ0n) is 11.7. The van der Waals surface area contributed by atoms with Crippen LogP contribution in [0.1, 0.15) is 12.8 Å². The molecule has 0 aliphatic heterocycles. The molecule has 0 aromatic heterocycles. The molecule has 0 unspecified atom stereocenters. The predicted octanol–water partition coefficient (Wildman–Crippen LogP) is 3.48. The topological polar surface area (TPSA) is 67.6 Å². The number of allylic oxidation sites excluding steroid dienone is 2. The molecule has 1 aromatic carbocycles. The number of hydrogen-bond acceptors (Lipinski definition) is 4. The second-order valence-corrected chi connectivity index (χ2v) is 4.45. The van der Waals surface area contributed by atoms with Crippen LogP contribution in [0, 0.1) is 4.91 Å². The van der Waals surface area contributed by atoms with Gasteiger partial charge in [-0.15, -0.1) is 0 Å².